The molecule has 2 rings (SSSR count). The molecule has 0 aromatic heterocycles. The van der Waals surface area contributed by atoms with Crippen LogP contribution in [0.15, 0.2) is 24.3 Å². The van der Waals surface area contributed by atoms with E-state index in [0.717, 1.165) is 12.0 Å². The van der Waals surface area contributed by atoms with Crippen molar-refractivity contribution < 1.29 is 9.59 Å². The molecule has 4 nitrogen and oxygen atoms in total. The summed E-state index contributed by atoms with van der Waals surface area (Å²) in [6, 6.07) is 7.84. The van der Waals surface area contributed by atoms with Crippen LogP contribution in [0, 0.1) is 6.92 Å². The molecule has 2 atom stereocenters. The number of hydrogen-bond donors (Lipinski definition) is 1. The Morgan fingerprint density at radius 3 is 2.57 bits per heavy atom. The van der Waals surface area contributed by atoms with E-state index in [0.29, 0.717) is 19.4 Å². The van der Waals surface area contributed by atoms with Crippen LogP contribution in [0.1, 0.15) is 50.3 Å². The molecule has 1 aliphatic rings. The van der Waals surface area contributed by atoms with E-state index >= 15 is 0 Å². The first kappa shape index (κ1) is 15.5. The first-order chi connectivity index (χ1) is 10.0. The van der Waals surface area contributed by atoms with Crippen LogP contribution in [-0.2, 0) is 9.59 Å². The summed E-state index contributed by atoms with van der Waals surface area (Å²) >= 11 is 0. The second-order valence-corrected chi connectivity index (χ2v) is 5.78. The van der Waals surface area contributed by atoms with Gasteiger partial charge in [-0.3, -0.25) is 9.59 Å². The van der Waals surface area contributed by atoms with Crippen molar-refractivity contribution in [3.8, 4) is 0 Å². The third-order valence-corrected chi connectivity index (χ3v) is 4.10. The summed E-state index contributed by atoms with van der Waals surface area (Å²) in [5.74, 6) is 0.0104. The predicted molar refractivity (Wildman–Crippen MR) is 82.8 cm³/mol. The summed E-state index contributed by atoms with van der Waals surface area (Å²) in [4.78, 5) is 26.3. The standard InChI is InChI=1S/C17H24N2O2/c1-4-5-15-17(21)19(11-10-16(20)18-15)13(3)14-8-6-12(2)7-9-14/h6-9,13,15H,4-5,10-11H2,1-3H3,(H,18,20). The summed E-state index contributed by atoms with van der Waals surface area (Å²) in [5, 5.41) is 2.84. The number of benzene rings is 1. The van der Waals surface area contributed by atoms with Gasteiger partial charge in [0.2, 0.25) is 11.8 Å². The highest BCUT2D eigenvalue weighted by Gasteiger charge is 2.32. The highest BCUT2D eigenvalue weighted by molar-refractivity contribution is 5.90. The maximum atomic E-state index is 12.7. The summed E-state index contributed by atoms with van der Waals surface area (Å²) < 4.78 is 0. The fourth-order valence-corrected chi connectivity index (χ4v) is 2.75. The summed E-state index contributed by atoms with van der Waals surface area (Å²) in [6.45, 7) is 6.59. The molecule has 0 saturated carbocycles. The van der Waals surface area contributed by atoms with E-state index in [1.807, 2.05) is 25.7 Å². The minimum atomic E-state index is -0.377. The van der Waals surface area contributed by atoms with E-state index in [-0.39, 0.29) is 23.9 Å². The Hall–Kier alpha value is -1.84. The van der Waals surface area contributed by atoms with Gasteiger partial charge in [-0.05, 0) is 25.8 Å². The van der Waals surface area contributed by atoms with E-state index in [1.165, 1.54) is 5.56 Å². The molecular weight excluding hydrogens is 264 g/mol. The number of carbonyl (C=O) groups is 2. The Morgan fingerprint density at radius 2 is 1.95 bits per heavy atom. The van der Waals surface area contributed by atoms with Gasteiger partial charge in [0, 0.05) is 13.0 Å². The second kappa shape index (κ2) is 6.74. The minimum Gasteiger partial charge on any atom is -0.344 e. The van der Waals surface area contributed by atoms with Crippen LogP contribution in [0.2, 0.25) is 0 Å². The summed E-state index contributed by atoms with van der Waals surface area (Å²) in [7, 11) is 0. The number of nitrogens with zero attached hydrogens (tertiary/aromatic N) is 1. The Morgan fingerprint density at radius 1 is 1.29 bits per heavy atom. The van der Waals surface area contributed by atoms with Gasteiger partial charge in [0.1, 0.15) is 6.04 Å². The fraction of sp³-hybridized carbons (Fsp3) is 0.529. The Kier molecular flexibility index (Phi) is 4.99. The molecule has 1 aromatic carbocycles. The van der Waals surface area contributed by atoms with Gasteiger partial charge in [0.05, 0.1) is 6.04 Å². The van der Waals surface area contributed by atoms with Crippen LogP contribution in [-0.4, -0.2) is 29.3 Å². The third kappa shape index (κ3) is 3.63. The van der Waals surface area contributed by atoms with Crippen LogP contribution in [0.25, 0.3) is 0 Å². The highest BCUT2D eigenvalue weighted by Crippen LogP contribution is 2.23. The monoisotopic (exact) mass is 288 g/mol. The van der Waals surface area contributed by atoms with E-state index in [4.69, 9.17) is 0 Å². The zero-order chi connectivity index (χ0) is 15.4. The van der Waals surface area contributed by atoms with Gasteiger partial charge in [-0.2, -0.15) is 0 Å². The van der Waals surface area contributed by atoms with Crippen LogP contribution >= 0.6 is 0 Å². The third-order valence-electron chi connectivity index (χ3n) is 4.10. The van der Waals surface area contributed by atoms with Crippen molar-refractivity contribution in [1.82, 2.24) is 10.2 Å². The fourth-order valence-electron chi connectivity index (χ4n) is 2.75. The number of nitrogens with one attached hydrogen (secondary N) is 1. The lowest BCUT2D eigenvalue weighted by molar-refractivity contribution is -0.135. The van der Waals surface area contributed by atoms with Gasteiger partial charge in [0.15, 0.2) is 0 Å². The topological polar surface area (TPSA) is 49.4 Å². The molecule has 1 heterocycles. The average molecular weight is 288 g/mol. The lowest BCUT2D eigenvalue weighted by Gasteiger charge is -2.30. The van der Waals surface area contributed by atoms with Crippen molar-refractivity contribution in [2.75, 3.05) is 6.54 Å². The predicted octanol–water partition coefficient (Wildman–Crippen LogP) is 2.57. The van der Waals surface area contributed by atoms with Crippen molar-refractivity contribution in [2.45, 2.75) is 52.1 Å². The van der Waals surface area contributed by atoms with Gasteiger partial charge in [-0.15, -0.1) is 0 Å². The number of amides is 2. The van der Waals surface area contributed by atoms with Crippen molar-refractivity contribution >= 4 is 11.8 Å². The molecule has 21 heavy (non-hydrogen) atoms. The van der Waals surface area contributed by atoms with E-state index in [1.54, 1.807) is 0 Å². The van der Waals surface area contributed by atoms with E-state index < -0.39 is 0 Å². The van der Waals surface area contributed by atoms with Crippen LogP contribution in [0.4, 0.5) is 0 Å². The average Bonchev–Trinajstić information content (AvgIpc) is 2.60. The van der Waals surface area contributed by atoms with Gasteiger partial charge in [0.25, 0.3) is 0 Å². The molecule has 1 N–H and O–H groups in total. The molecule has 1 saturated heterocycles. The molecular formula is C17H24N2O2. The Balaban J connectivity index is 2.21. The van der Waals surface area contributed by atoms with Gasteiger partial charge >= 0.3 is 0 Å². The van der Waals surface area contributed by atoms with Crippen LogP contribution < -0.4 is 5.32 Å². The molecule has 1 aliphatic heterocycles. The molecule has 0 spiro atoms. The summed E-state index contributed by atoms with van der Waals surface area (Å²) in [5.41, 5.74) is 2.31. The van der Waals surface area contributed by atoms with E-state index in [9.17, 15) is 9.59 Å². The Labute approximate surface area is 126 Å². The largest absolute Gasteiger partial charge is 0.344 e. The zero-order valence-electron chi connectivity index (χ0n) is 13.1. The first-order valence-electron chi connectivity index (χ1n) is 7.69. The lowest BCUT2D eigenvalue weighted by atomic mass is 10.0. The quantitative estimate of drug-likeness (QED) is 0.925. The molecule has 4 heteroatoms. The molecule has 2 amide bonds. The maximum absolute atomic E-state index is 12.7. The second-order valence-electron chi connectivity index (χ2n) is 5.78. The molecule has 1 fully saturated rings. The molecule has 2 unspecified atom stereocenters. The van der Waals surface area contributed by atoms with Gasteiger partial charge in [-0.25, -0.2) is 0 Å². The molecule has 0 bridgehead atoms. The summed E-state index contributed by atoms with van der Waals surface area (Å²) in [6.07, 6.45) is 1.95. The number of rotatable bonds is 4. The SMILES string of the molecule is CCCC1NC(=O)CCN(C(C)c2ccc(C)cc2)C1=O. The molecule has 114 valence electrons. The lowest BCUT2D eigenvalue weighted by Crippen LogP contribution is -2.45. The first-order valence-corrected chi connectivity index (χ1v) is 7.69. The van der Waals surface area contributed by atoms with Crippen LogP contribution in [0.3, 0.4) is 0 Å². The number of hydrogen-bond acceptors (Lipinski definition) is 2. The van der Waals surface area contributed by atoms with Crippen LogP contribution in [0.5, 0.6) is 0 Å². The molecule has 0 radical (unpaired) electrons. The normalized spacial score (nSPS) is 20.9. The van der Waals surface area contributed by atoms with Crippen molar-refractivity contribution in [1.29, 1.82) is 0 Å². The molecule has 0 aliphatic carbocycles. The minimum absolute atomic E-state index is 0.00911. The van der Waals surface area contributed by atoms with Crippen molar-refractivity contribution in [3.05, 3.63) is 35.4 Å². The smallest absolute Gasteiger partial charge is 0.245 e. The van der Waals surface area contributed by atoms with Gasteiger partial charge < -0.3 is 10.2 Å². The number of aryl methyl sites for hydroxylation is 1. The van der Waals surface area contributed by atoms with Crippen molar-refractivity contribution in [3.63, 3.8) is 0 Å². The maximum Gasteiger partial charge on any atom is 0.245 e. The van der Waals surface area contributed by atoms with E-state index in [2.05, 4.69) is 29.6 Å². The zero-order valence-corrected chi connectivity index (χ0v) is 13.1. The van der Waals surface area contributed by atoms with Crippen molar-refractivity contribution in [2.24, 2.45) is 0 Å². The molecule has 1 aromatic rings. The highest BCUT2D eigenvalue weighted by atomic mass is 16.2. The number of carbonyl (C=O) groups excluding carboxylic acids is 2. The van der Waals surface area contributed by atoms with Gasteiger partial charge in [-0.1, -0.05) is 43.2 Å². The Bertz CT molecular complexity index is 510.